The number of hydrogen-bond acceptors (Lipinski definition) is 5. The normalized spacial score (nSPS) is 15.1. The van der Waals surface area contributed by atoms with Crippen molar-refractivity contribution in [2.75, 3.05) is 25.2 Å². The van der Waals surface area contributed by atoms with Gasteiger partial charge in [0.1, 0.15) is 5.75 Å². The Kier molecular flexibility index (Phi) is 7.11. The molecule has 0 radical (unpaired) electrons. The van der Waals surface area contributed by atoms with Crippen LogP contribution in [-0.2, 0) is 16.0 Å². The molecule has 25 heavy (non-hydrogen) atoms. The zero-order chi connectivity index (χ0) is 17.3. The van der Waals surface area contributed by atoms with Crippen LogP contribution >= 0.6 is 15.9 Å². The number of ether oxygens (including phenoxy) is 3. The van der Waals surface area contributed by atoms with Crippen LogP contribution in [0.1, 0.15) is 18.4 Å². The molecule has 2 aromatic rings. The highest BCUT2D eigenvalue weighted by Crippen LogP contribution is 2.24. The molecule has 5 nitrogen and oxygen atoms in total. The molecule has 2 N–H and O–H groups in total. The SMILES string of the molecule is Brc1ccc(OCCC2OCCCO2)c(CNNc2ccccc2)c1. The van der Waals surface area contributed by atoms with E-state index in [4.69, 9.17) is 14.2 Å². The molecule has 0 aromatic heterocycles. The molecule has 0 bridgehead atoms. The van der Waals surface area contributed by atoms with Crippen molar-refractivity contribution in [2.24, 2.45) is 0 Å². The van der Waals surface area contributed by atoms with Gasteiger partial charge >= 0.3 is 0 Å². The zero-order valence-corrected chi connectivity index (χ0v) is 15.6. The number of anilines is 1. The number of rotatable bonds is 8. The molecule has 6 heteroatoms. The number of para-hydroxylation sites is 1. The predicted molar refractivity (Wildman–Crippen MR) is 101 cm³/mol. The molecule has 0 unspecified atom stereocenters. The van der Waals surface area contributed by atoms with Crippen molar-refractivity contribution >= 4 is 21.6 Å². The van der Waals surface area contributed by atoms with Gasteiger partial charge in [0.25, 0.3) is 0 Å². The van der Waals surface area contributed by atoms with Crippen molar-refractivity contribution in [1.29, 1.82) is 0 Å². The summed E-state index contributed by atoms with van der Waals surface area (Å²) in [4.78, 5) is 0. The van der Waals surface area contributed by atoms with E-state index in [2.05, 4.69) is 32.8 Å². The van der Waals surface area contributed by atoms with Gasteiger partial charge in [-0.05, 0) is 36.8 Å². The number of benzene rings is 2. The van der Waals surface area contributed by atoms with Crippen molar-refractivity contribution < 1.29 is 14.2 Å². The maximum atomic E-state index is 5.95. The summed E-state index contributed by atoms with van der Waals surface area (Å²) in [6.45, 7) is 2.73. The summed E-state index contributed by atoms with van der Waals surface area (Å²) in [5.41, 5.74) is 8.50. The van der Waals surface area contributed by atoms with Gasteiger partial charge in [-0.15, -0.1) is 0 Å². The van der Waals surface area contributed by atoms with E-state index >= 15 is 0 Å². The third-order valence-electron chi connectivity index (χ3n) is 3.82. The number of halogens is 1. The monoisotopic (exact) mass is 406 g/mol. The third-order valence-corrected chi connectivity index (χ3v) is 4.31. The first-order valence-electron chi connectivity index (χ1n) is 8.49. The molecule has 1 heterocycles. The van der Waals surface area contributed by atoms with E-state index in [1.807, 2.05) is 42.5 Å². The Morgan fingerprint density at radius 2 is 1.88 bits per heavy atom. The second-order valence-corrected chi connectivity index (χ2v) is 6.67. The molecular formula is C19H23BrN2O3. The number of hydrogen-bond donors (Lipinski definition) is 2. The largest absolute Gasteiger partial charge is 0.493 e. The number of hydrazine groups is 1. The molecule has 1 aliphatic rings. The summed E-state index contributed by atoms with van der Waals surface area (Å²) in [6, 6.07) is 16.0. The fourth-order valence-electron chi connectivity index (χ4n) is 2.56. The van der Waals surface area contributed by atoms with E-state index in [9.17, 15) is 0 Å². The van der Waals surface area contributed by atoms with Gasteiger partial charge in [-0.25, -0.2) is 5.43 Å². The summed E-state index contributed by atoms with van der Waals surface area (Å²) in [5, 5.41) is 0. The molecule has 0 amide bonds. The lowest BCUT2D eigenvalue weighted by molar-refractivity contribution is -0.183. The highest BCUT2D eigenvalue weighted by atomic mass is 79.9. The van der Waals surface area contributed by atoms with Crippen molar-refractivity contribution in [3.05, 3.63) is 58.6 Å². The average molecular weight is 407 g/mol. The number of nitrogens with one attached hydrogen (secondary N) is 2. The Balaban J connectivity index is 1.50. The second kappa shape index (κ2) is 9.77. The lowest BCUT2D eigenvalue weighted by Gasteiger charge is -2.23. The Morgan fingerprint density at radius 1 is 1.08 bits per heavy atom. The maximum Gasteiger partial charge on any atom is 0.160 e. The quantitative estimate of drug-likeness (QED) is 0.646. The van der Waals surface area contributed by atoms with Gasteiger partial charge in [0.05, 0.1) is 19.8 Å². The molecule has 1 aliphatic heterocycles. The first kappa shape index (κ1) is 18.2. The van der Waals surface area contributed by atoms with E-state index in [1.54, 1.807) is 0 Å². The molecule has 0 aliphatic carbocycles. The van der Waals surface area contributed by atoms with Crippen LogP contribution in [0.2, 0.25) is 0 Å². The minimum absolute atomic E-state index is 0.148. The van der Waals surface area contributed by atoms with Gasteiger partial charge in [0.15, 0.2) is 6.29 Å². The van der Waals surface area contributed by atoms with Crippen LogP contribution in [0.5, 0.6) is 5.75 Å². The summed E-state index contributed by atoms with van der Waals surface area (Å²) >= 11 is 3.52. The third kappa shape index (κ3) is 6.01. The van der Waals surface area contributed by atoms with Crippen LogP contribution in [0.4, 0.5) is 5.69 Å². The first-order chi connectivity index (χ1) is 12.3. The molecule has 1 saturated heterocycles. The Bertz CT molecular complexity index is 648. The minimum Gasteiger partial charge on any atom is -0.493 e. The van der Waals surface area contributed by atoms with Gasteiger partial charge in [-0.2, -0.15) is 0 Å². The van der Waals surface area contributed by atoms with Crippen LogP contribution in [0, 0.1) is 0 Å². The molecular weight excluding hydrogens is 384 g/mol. The average Bonchev–Trinajstić information content (AvgIpc) is 2.65. The van der Waals surface area contributed by atoms with Crippen LogP contribution < -0.4 is 15.6 Å². The fourth-order valence-corrected chi connectivity index (χ4v) is 2.97. The van der Waals surface area contributed by atoms with Crippen LogP contribution in [0.15, 0.2) is 53.0 Å². The van der Waals surface area contributed by atoms with Gasteiger partial charge < -0.3 is 19.6 Å². The molecule has 1 fully saturated rings. The van der Waals surface area contributed by atoms with E-state index in [0.717, 1.165) is 47.5 Å². The lowest BCUT2D eigenvalue weighted by atomic mass is 10.2. The fraction of sp³-hybridized carbons (Fsp3) is 0.368. The van der Waals surface area contributed by atoms with Crippen molar-refractivity contribution in [1.82, 2.24) is 5.43 Å². The van der Waals surface area contributed by atoms with Crippen LogP contribution in [0.3, 0.4) is 0 Å². The summed E-state index contributed by atoms with van der Waals surface area (Å²) in [7, 11) is 0. The maximum absolute atomic E-state index is 5.95. The van der Waals surface area contributed by atoms with Crippen LogP contribution in [-0.4, -0.2) is 26.1 Å². The molecule has 0 saturated carbocycles. The van der Waals surface area contributed by atoms with Gasteiger partial charge in [-0.3, -0.25) is 0 Å². The summed E-state index contributed by atoms with van der Waals surface area (Å²) < 4.78 is 18.1. The van der Waals surface area contributed by atoms with E-state index in [0.29, 0.717) is 13.2 Å². The van der Waals surface area contributed by atoms with Crippen molar-refractivity contribution in [3.8, 4) is 5.75 Å². The standard InChI is InChI=1S/C19H23BrN2O3/c20-16-7-8-18(23-12-9-19-24-10-4-11-25-19)15(13-16)14-21-22-17-5-2-1-3-6-17/h1-3,5-8,13,19,21-22H,4,9-12,14H2. The van der Waals surface area contributed by atoms with Gasteiger partial charge in [0.2, 0.25) is 0 Å². The molecule has 0 spiro atoms. The smallest absolute Gasteiger partial charge is 0.160 e. The Hall–Kier alpha value is -1.60. The van der Waals surface area contributed by atoms with Gasteiger partial charge in [0, 0.05) is 28.7 Å². The molecule has 134 valence electrons. The highest BCUT2D eigenvalue weighted by molar-refractivity contribution is 9.10. The lowest BCUT2D eigenvalue weighted by Crippen LogP contribution is -2.26. The first-order valence-corrected chi connectivity index (χ1v) is 9.29. The van der Waals surface area contributed by atoms with Crippen LogP contribution in [0.25, 0.3) is 0 Å². The molecule has 0 atom stereocenters. The van der Waals surface area contributed by atoms with Gasteiger partial charge in [-0.1, -0.05) is 34.1 Å². The second-order valence-electron chi connectivity index (χ2n) is 5.76. The topological polar surface area (TPSA) is 51.8 Å². The zero-order valence-electron chi connectivity index (χ0n) is 14.0. The minimum atomic E-state index is -0.148. The van der Waals surface area contributed by atoms with E-state index in [-0.39, 0.29) is 6.29 Å². The summed E-state index contributed by atoms with van der Waals surface area (Å²) in [6.07, 6.45) is 1.55. The highest BCUT2D eigenvalue weighted by Gasteiger charge is 2.14. The van der Waals surface area contributed by atoms with Crippen molar-refractivity contribution in [2.45, 2.75) is 25.7 Å². The molecule has 3 rings (SSSR count). The predicted octanol–water partition coefficient (Wildman–Crippen LogP) is 4.10. The Labute approximate surface area is 156 Å². The van der Waals surface area contributed by atoms with E-state index < -0.39 is 0 Å². The summed E-state index contributed by atoms with van der Waals surface area (Å²) in [5.74, 6) is 0.862. The molecule has 2 aromatic carbocycles. The Morgan fingerprint density at radius 3 is 2.68 bits per heavy atom. The van der Waals surface area contributed by atoms with E-state index in [1.165, 1.54) is 0 Å². The van der Waals surface area contributed by atoms with Crippen molar-refractivity contribution in [3.63, 3.8) is 0 Å².